The van der Waals surface area contributed by atoms with E-state index in [1.807, 2.05) is 42.2 Å². The van der Waals surface area contributed by atoms with Gasteiger partial charge in [0.15, 0.2) is 0 Å². The summed E-state index contributed by atoms with van der Waals surface area (Å²) >= 11 is 6.93. The third-order valence-corrected chi connectivity index (χ3v) is 10.7. The normalized spacial score (nSPS) is 18.6. The summed E-state index contributed by atoms with van der Waals surface area (Å²) in [4.78, 5) is 30.3. The minimum Gasteiger partial charge on any atom is -0.467 e. The molecule has 0 radical (unpaired) electrons. The molecular weight excluding hydrogens is 712 g/mol. The average Bonchev–Trinajstić information content (AvgIpc) is 3.33. The maximum atomic E-state index is 14.9. The molecule has 0 unspecified atom stereocenters. The Bertz CT molecular complexity index is 1730. The number of halogens is 2. The number of rotatable bonds is 8. The van der Waals surface area contributed by atoms with E-state index in [2.05, 4.69) is 31.9 Å². The largest absolute Gasteiger partial charge is 0.467 e. The standard InChI is InChI=1S/C33H30Br2N2O6S/c1-22-9-19-28(20-10-22)44(40,41)37-30(25-13-17-27(35)18-14-25)36(21-23-7-5-4-6-8-23)29(24-11-15-26(34)16-12-24)33(37,31(38)42-2)32(39)43-3/h4-20,29-30H,21H2,1-3H3/t29-,30+/m0/s1. The third-order valence-electron chi connectivity index (χ3n) is 7.74. The zero-order chi connectivity index (χ0) is 31.6. The van der Waals surface area contributed by atoms with Gasteiger partial charge in [0.05, 0.1) is 25.2 Å². The highest BCUT2D eigenvalue weighted by Crippen LogP contribution is 2.56. The number of nitrogens with zero attached hydrogens (tertiary/aromatic N) is 2. The van der Waals surface area contributed by atoms with Crippen molar-refractivity contribution in [1.29, 1.82) is 0 Å². The van der Waals surface area contributed by atoms with E-state index >= 15 is 0 Å². The second kappa shape index (κ2) is 12.9. The molecule has 0 spiro atoms. The first kappa shape index (κ1) is 32.1. The van der Waals surface area contributed by atoms with Crippen molar-refractivity contribution in [2.75, 3.05) is 14.2 Å². The fraction of sp³-hybridized carbons (Fsp3) is 0.212. The van der Waals surface area contributed by atoms with Crippen LogP contribution in [0.2, 0.25) is 0 Å². The van der Waals surface area contributed by atoms with Crippen LogP contribution in [0.4, 0.5) is 0 Å². The van der Waals surface area contributed by atoms with Crippen LogP contribution in [0.25, 0.3) is 0 Å². The average molecular weight is 742 g/mol. The Morgan fingerprint density at radius 3 is 1.75 bits per heavy atom. The fourth-order valence-corrected chi connectivity index (χ4v) is 8.15. The van der Waals surface area contributed by atoms with Gasteiger partial charge in [0, 0.05) is 15.5 Å². The van der Waals surface area contributed by atoms with Gasteiger partial charge < -0.3 is 9.47 Å². The molecule has 1 heterocycles. The molecule has 1 aliphatic rings. The van der Waals surface area contributed by atoms with Gasteiger partial charge in [-0.2, -0.15) is 0 Å². The van der Waals surface area contributed by atoms with E-state index in [0.29, 0.717) is 11.1 Å². The van der Waals surface area contributed by atoms with E-state index in [4.69, 9.17) is 9.47 Å². The summed E-state index contributed by atoms with van der Waals surface area (Å²) in [6.07, 6.45) is -1.14. The zero-order valence-corrected chi connectivity index (χ0v) is 28.2. The minimum absolute atomic E-state index is 0.0847. The number of carbonyl (C=O) groups is 2. The molecule has 2 atom stereocenters. The Kier molecular flexibility index (Phi) is 9.43. The number of hydrogen-bond acceptors (Lipinski definition) is 7. The molecule has 1 fully saturated rings. The predicted molar refractivity (Wildman–Crippen MR) is 173 cm³/mol. The van der Waals surface area contributed by atoms with Crippen molar-refractivity contribution in [2.24, 2.45) is 0 Å². The number of methoxy groups -OCH3 is 2. The van der Waals surface area contributed by atoms with Crippen LogP contribution in [0.15, 0.2) is 117 Å². The van der Waals surface area contributed by atoms with Crippen LogP contribution in [0.5, 0.6) is 0 Å². The molecule has 1 saturated heterocycles. The summed E-state index contributed by atoms with van der Waals surface area (Å²) in [5.74, 6) is -2.13. The molecule has 0 N–H and O–H groups in total. The summed E-state index contributed by atoms with van der Waals surface area (Å²) in [5.41, 5.74) is 0.267. The summed E-state index contributed by atoms with van der Waals surface area (Å²) in [5, 5.41) is 0. The molecule has 0 aliphatic carbocycles. The van der Waals surface area contributed by atoms with Crippen LogP contribution in [0.3, 0.4) is 0 Å². The number of carbonyl (C=O) groups excluding carboxylic acids is 2. The fourth-order valence-electron chi connectivity index (χ4n) is 5.78. The Morgan fingerprint density at radius 2 is 1.25 bits per heavy atom. The van der Waals surface area contributed by atoms with Crippen molar-refractivity contribution >= 4 is 53.8 Å². The number of sulfonamides is 1. The second-order valence-corrected chi connectivity index (χ2v) is 14.0. The quantitative estimate of drug-likeness (QED) is 0.149. The van der Waals surface area contributed by atoms with E-state index in [1.54, 1.807) is 60.7 Å². The van der Waals surface area contributed by atoms with Gasteiger partial charge in [-0.05, 0) is 60.0 Å². The molecule has 11 heteroatoms. The van der Waals surface area contributed by atoms with E-state index in [0.717, 1.165) is 38.6 Å². The summed E-state index contributed by atoms with van der Waals surface area (Å²) in [7, 11) is -2.31. The van der Waals surface area contributed by atoms with Crippen molar-refractivity contribution in [3.63, 3.8) is 0 Å². The lowest BCUT2D eigenvalue weighted by Crippen LogP contribution is -2.62. The van der Waals surface area contributed by atoms with E-state index in [1.165, 1.54) is 12.1 Å². The summed E-state index contributed by atoms with van der Waals surface area (Å²) < 4.78 is 43.1. The van der Waals surface area contributed by atoms with Gasteiger partial charge >= 0.3 is 11.9 Å². The molecule has 0 bridgehead atoms. The van der Waals surface area contributed by atoms with Gasteiger partial charge in [0.1, 0.15) is 6.17 Å². The molecule has 4 aromatic carbocycles. The van der Waals surface area contributed by atoms with Crippen molar-refractivity contribution in [3.05, 3.63) is 134 Å². The molecule has 1 aliphatic heterocycles. The van der Waals surface area contributed by atoms with E-state index in [9.17, 15) is 18.0 Å². The molecule has 5 rings (SSSR count). The lowest BCUT2D eigenvalue weighted by atomic mass is 9.85. The number of ether oxygens (including phenoxy) is 2. The first-order valence-corrected chi connectivity index (χ1v) is 16.7. The topological polar surface area (TPSA) is 93.2 Å². The first-order valence-electron chi connectivity index (χ1n) is 13.6. The number of esters is 2. The van der Waals surface area contributed by atoms with Gasteiger partial charge in [0.25, 0.3) is 5.54 Å². The highest BCUT2D eigenvalue weighted by Gasteiger charge is 2.72. The molecule has 0 aromatic heterocycles. The maximum absolute atomic E-state index is 14.9. The zero-order valence-electron chi connectivity index (χ0n) is 24.2. The maximum Gasteiger partial charge on any atom is 0.341 e. The van der Waals surface area contributed by atoms with Gasteiger partial charge in [-0.1, -0.05) is 104 Å². The van der Waals surface area contributed by atoms with Gasteiger partial charge in [-0.25, -0.2) is 18.0 Å². The number of hydrogen-bond donors (Lipinski definition) is 0. The van der Waals surface area contributed by atoms with Crippen LogP contribution in [-0.4, -0.2) is 49.3 Å². The number of aryl methyl sites for hydroxylation is 1. The highest BCUT2D eigenvalue weighted by molar-refractivity contribution is 9.10. The Morgan fingerprint density at radius 1 is 0.750 bits per heavy atom. The highest BCUT2D eigenvalue weighted by atomic mass is 79.9. The molecular formula is C33H30Br2N2O6S. The number of benzene rings is 4. The van der Waals surface area contributed by atoms with Crippen LogP contribution in [0, 0.1) is 6.92 Å². The third kappa shape index (κ3) is 5.63. The van der Waals surface area contributed by atoms with E-state index < -0.39 is 39.7 Å². The molecule has 0 amide bonds. The molecule has 0 saturated carbocycles. The minimum atomic E-state index is -4.59. The summed E-state index contributed by atoms with van der Waals surface area (Å²) in [6.45, 7) is 2.02. The Labute approximate surface area is 273 Å². The smallest absolute Gasteiger partial charge is 0.341 e. The van der Waals surface area contributed by atoms with Crippen LogP contribution >= 0.6 is 31.9 Å². The van der Waals surface area contributed by atoms with Gasteiger partial charge in [0.2, 0.25) is 10.0 Å². The van der Waals surface area contributed by atoms with Gasteiger partial charge in [-0.15, -0.1) is 4.31 Å². The van der Waals surface area contributed by atoms with Crippen molar-refractivity contribution in [3.8, 4) is 0 Å². The molecule has 44 heavy (non-hydrogen) atoms. The molecule has 4 aromatic rings. The predicted octanol–water partition coefficient (Wildman–Crippen LogP) is 6.55. The Hall–Kier alpha value is -3.35. The van der Waals surface area contributed by atoms with Crippen LogP contribution < -0.4 is 0 Å². The van der Waals surface area contributed by atoms with Crippen LogP contribution in [0.1, 0.15) is 34.5 Å². The van der Waals surface area contributed by atoms with E-state index in [-0.39, 0.29) is 11.4 Å². The van der Waals surface area contributed by atoms with Crippen molar-refractivity contribution in [1.82, 2.24) is 9.21 Å². The first-order chi connectivity index (χ1) is 21.0. The molecule has 8 nitrogen and oxygen atoms in total. The van der Waals surface area contributed by atoms with Crippen LogP contribution in [-0.2, 0) is 35.6 Å². The lowest BCUT2D eigenvalue weighted by molar-refractivity contribution is -0.168. The van der Waals surface area contributed by atoms with Crippen molar-refractivity contribution < 1.29 is 27.5 Å². The Balaban J connectivity index is 1.93. The second-order valence-electron chi connectivity index (χ2n) is 10.4. The monoisotopic (exact) mass is 740 g/mol. The SMILES string of the molecule is COC(=O)C1(C(=O)OC)[C@H](c2ccc(Br)cc2)N(Cc2ccccc2)[C@@H](c2ccc(Br)cc2)N1S(=O)(=O)c1ccc(C)cc1. The van der Waals surface area contributed by atoms with Crippen molar-refractivity contribution in [2.45, 2.75) is 36.1 Å². The summed E-state index contributed by atoms with van der Waals surface area (Å²) in [6, 6.07) is 28.8. The van der Waals surface area contributed by atoms with Gasteiger partial charge in [-0.3, -0.25) is 4.90 Å². The lowest BCUT2D eigenvalue weighted by Gasteiger charge is -2.36. The molecule has 228 valence electrons.